The molecule has 0 radical (unpaired) electrons. The first-order chi connectivity index (χ1) is 8.20. The van der Waals surface area contributed by atoms with Crippen LogP contribution in [0, 0.1) is 0 Å². The highest BCUT2D eigenvalue weighted by molar-refractivity contribution is 6.36. The molecule has 1 unspecified atom stereocenters. The van der Waals surface area contributed by atoms with E-state index in [4.69, 9.17) is 27.9 Å². The van der Waals surface area contributed by atoms with E-state index in [0.717, 1.165) is 41.6 Å². The highest BCUT2D eigenvalue weighted by atomic mass is 35.5. The number of ether oxygens (including phenoxy) is 1. The van der Waals surface area contributed by atoms with Gasteiger partial charge in [0, 0.05) is 35.4 Å². The van der Waals surface area contributed by atoms with Crippen molar-refractivity contribution in [3.05, 3.63) is 33.8 Å². The predicted octanol–water partition coefficient (Wildman–Crippen LogP) is 4.07. The first kappa shape index (κ1) is 14.8. The highest BCUT2D eigenvalue weighted by Gasteiger charge is 2.16. The lowest BCUT2D eigenvalue weighted by Gasteiger charge is -2.20. The standard InChI is InChI=1S/C13H19Cl2NO/c1-3-16-12(8-5-9-17-2)13-10(14)6-4-7-11(13)15/h4,6-7,12,16H,3,5,8-9H2,1-2H3. The summed E-state index contributed by atoms with van der Waals surface area (Å²) in [5, 5.41) is 4.86. The van der Waals surface area contributed by atoms with Crippen LogP contribution < -0.4 is 5.32 Å². The summed E-state index contributed by atoms with van der Waals surface area (Å²) in [5.74, 6) is 0. The molecular formula is C13H19Cl2NO. The van der Waals surface area contributed by atoms with E-state index in [1.165, 1.54) is 0 Å². The van der Waals surface area contributed by atoms with Crippen LogP contribution in [0.25, 0.3) is 0 Å². The highest BCUT2D eigenvalue weighted by Crippen LogP contribution is 2.32. The second kappa shape index (κ2) is 7.93. The van der Waals surface area contributed by atoms with Gasteiger partial charge in [0.1, 0.15) is 0 Å². The van der Waals surface area contributed by atoms with Crippen LogP contribution in [0.4, 0.5) is 0 Å². The first-order valence-corrected chi connectivity index (χ1v) is 6.62. The molecule has 0 spiro atoms. The Hall–Kier alpha value is -0.280. The minimum Gasteiger partial charge on any atom is -0.385 e. The molecule has 1 atom stereocenters. The van der Waals surface area contributed by atoms with Crippen LogP contribution in [0.3, 0.4) is 0 Å². The number of rotatable bonds is 7. The second-order valence-electron chi connectivity index (χ2n) is 3.88. The van der Waals surface area contributed by atoms with Crippen molar-refractivity contribution in [1.29, 1.82) is 0 Å². The van der Waals surface area contributed by atoms with E-state index in [2.05, 4.69) is 12.2 Å². The minimum atomic E-state index is 0.191. The molecule has 4 heteroatoms. The normalized spacial score (nSPS) is 12.7. The molecule has 1 N–H and O–H groups in total. The Morgan fingerprint density at radius 2 is 1.94 bits per heavy atom. The summed E-state index contributed by atoms with van der Waals surface area (Å²) in [5.41, 5.74) is 0.994. The van der Waals surface area contributed by atoms with Gasteiger partial charge in [-0.05, 0) is 31.5 Å². The molecule has 1 aromatic rings. The van der Waals surface area contributed by atoms with Gasteiger partial charge in [0.15, 0.2) is 0 Å². The molecule has 1 rings (SSSR count). The molecule has 17 heavy (non-hydrogen) atoms. The molecule has 0 fully saturated rings. The largest absolute Gasteiger partial charge is 0.385 e. The monoisotopic (exact) mass is 275 g/mol. The van der Waals surface area contributed by atoms with Crippen LogP contribution in [0.1, 0.15) is 31.4 Å². The summed E-state index contributed by atoms with van der Waals surface area (Å²) < 4.78 is 5.07. The van der Waals surface area contributed by atoms with E-state index in [-0.39, 0.29) is 6.04 Å². The molecule has 0 amide bonds. The summed E-state index contributed by atoms with van der Waals surface area (Å²) >= 11 is 12.4. The van der Waals surface area contributed by atoms with Gasteiger partial charge in [-0.3, -0.25) is 0 Å². The van der Waals surface area contributed by atoms with E-state index in [9.17, 15) is 0 Å². The van der Waals surface area contributed by atoms with E-state index >= 15 is 0 Å². The number of nitrogens with one attached hydrogen (secondary N) is 1. The number of hydrogen-bond acceptors (Lipinski definition) is 2. The van der Waals surface area contributed by atoms with Gasteiger partial charge >= 0.3 is 0 Å². The van der Waals surface area contributed by atoms with Crippen molar-refractivity contribution < 1.29 is 4.74 Å². The Labute approximate surface area is 113 Å². The Kier molecular flexibility index (Phi) is 6.90. The summed E-state index contributed by atoms with van der Waals surface area (Å²) in [4.78, 5) is 0. The third-order valence-electron chi connectivity index (χ3n) is 2.64. The molecular weight excluding hydrogens is 257 g/mol. The summed E-state index contributed by atoms with van der Waals surface area (Å²) in [7, 11) is 1.71. The fourth-order valence-electron chi connectivity index (χ4n) is 1.87. The Morgan fingerprint density at radius 3 is 2.47 bits per heavy atom. The van der Waals surface area contributed by atoms with Gasteiger partial charge in [0.25, 0.3) is 0 Å². The van der Waals surface area contributed by atoms with Crippen molar-refractivity contribution in [2.45, 2.75) is 25.8 Å². The van der Waals surface area contributed by atoms with E-state index in [0.29, 0.717) is 0 Å². The molecule has 0 aliphatic carbocycles. The molecule has 96 valence electrons. The maximum atomic E-state index is 6.22. The lowest BCUT2D eigenvalue weighted by molar-refractivity contribution is 0.189. The lowest BCUT2D eigenvalue weighted by Crippen LogP contribution is -2.22. The van der Waals surface area contributed by atoms with Gasteiger partial charge < -0.3 is 10.1 Å². The van der Waals surface area contributed by atoms with E-state index in [1.807, 2.05) is 18.2 Å². The minimum absolute atomic E-state index is 0.191. The average Bonchev–Trinajstić information content (AvgIpc) is 2.29. The van der Waals surface area contributed by atoms with Gasteiger partial charge in [-0.2, -0.15) is 0 Å². The van der Waals surface area contributed by atoms with Crippen LogP contribution in [0.2, 0.25) is 10.0 Å². The molecule has 2 nitrogen and oxygen atoms in total. The van der Waals surface area contributed by atoms with Gasteiger partial charge in [-0.1, -0.05) is 36.2 Å². The van der Waals surface area contributed by atoms with Crippen LogP contribution in [0.15, 0.2) is 18.2 Å². The zero-order chi connectivity index (χ0) is 12.7. The van der Waals surface area contributed by atoms with Gasteiger partial charge in [0.2, 0.25) is 0 Å². The fourth-order valence-corrected chi connectivity index (χ4v) is 2.53. The summed E-state index contributed by atoms with van der Waals surface area (Å²) in [6.07, 6.45) is 1.95. The molecule has 0 saturated heterocycles. The maximum Gasteiger partial charge on any atom is 0.0468 e. The molecule has 0 aromatic heterocycles. The van der Waals surface area contributed by atoms with E-state index < -0.39 is 0 Å². The molecule has 1 aromatic carbocycles. The zero-order valence-electron chi connectivity index (χ0n) is 10.3. The lowest BCUT2D eigenvalue weighted by atomic mass is 10.0. The van der Waals surface area contributed by atoms with Crippen LogP contribution in [-0.4, -0.2) is 20.3 Å². The smallest absolute Gasteiger partial charge is 0.0468 e. The fraction of sp³-hybridized carbons (Fsp3) is 0.538. The number of halogens is 2. The molecule has 0 bridgehead atoms. The van der Waals surface area contributed by atoms with Gasteiger partial charge in [0.05, 0.1) is 0 Å². The van der Waals surface area contributed by atoms with Gasteiger partial charge in [-0.25, -0.2) is 0 Å². The van der Waals surface area contributed by atoms with Crippen molar-refractivity contribution >= 4 is 23.2 Å². The molecule has 0 heterocycles. The quantitative estimate of drug-likeness (QED) is 0.758. The summed E-state index contributed by atoms with van der Waals surface area (Å²) in [6, 6.07) is 5.82. The third-order valence-corrected chi connectivity index (χ3v) is 3.30. The van der Waals surface area contributed by atoms with Crippen LogP contribution in [0.5, 0.6) is 0 Å². The van der Waals surface area contributed by atoms with Crippen molar-refractivity contribution in [1.82, 2.24) is 5.32 Å². The second-order valence-corrected chi connectivity index (χ2v) is 4.70. The van der Waals surface area contributed by atoms with Gasteiger partial charge in [-0.15, -0.1) is 0 Å². The third kappa shape index (κ3) is 4.47. The molecule has 0 aliphatic rings. The average molecular weight is 276 g/mol. The van der Waals surface area contributed by atoms with E-state index in [1.54, 1.807) is 7.11 Å². The Balaban J connectivity index is 2.81. The summed E-state index contributed by atoms with van der Waals surface area (Å²) in [6.45, 7) is 3.72. The molecule has 0 aliphatic heterocycles. The number of hydrogen-bond donors (Lipinski definition) is 1. The maximum absolute atomic E-state index is 6.22. The van der Waals surface area contributed by atoms with Crippen LogP contribution >= 0.6 is 23.2 Å². The number of methoxy groups -OCH3 is 1. The van der Waals surface area contributed by atoms with Crippen molar-refractivity contribution in [2.24, 2.45) is 0 Å². The predicted molar refractivity (Wildman–Crippen MR) is 74.0 cm³/mol. The van der Waals surface area contributed by atoms with Crippen molar-refractivity contribution in [3.63, 3.8) is 0 Å². The SMILES string of the molecule is CCNC(CCCOC)c1c(Cl)cccc1Cl. The Morgan fingerprint density at radius 1 is 1.29 bits per heavy atom. The number of benzene rings is 1. The Bertz CT molecular complexity index is 324. The van der Waals surface area contributed by atoms with Crippen molar-refractivity contribution in [3.8, 4) is 0 Å². The first-order valence-electron chi connectivity index (χ1n) is 5.87. The zero-order valence-corrected chi connectivity index (χ0v) is 11.8. The molecule has 0 saturated carbocycles. The van der Waals surface area contributed by atoms with Crippen molar-refractivity contribution in [2.75, 3.05) is 20.3 Å². The van der Waals surface area contributed by atoms with Crippen LogP contribution in [-0.2, 0) is 4.74 Å². The topological polar surface area (TPSA) is 21.3 Å².